The number of hydrogen-bond donors (Lipinski definition) is 1. The first-order valence-corrected chi connectivity index (χ1v) is 9.73. The summed E-state index contributed by atoms with van der Waals surface area (Å²) in [7, 11) is -1.52. The number of nitrogens with one attached hydrogen (secondary N) is 1. The Kier molecular flexibility index (Phi) is 6.60. The van der Waals surface area contributed by atoms with Gasteiger partial charge >= 0.3 is 0 Å². The molecule has 11 heteroatoms. The van der Waals surface area contributed by atoms with Crippen LogP contribution in [0.3, 0.4) is 0 Å². The Balaban J connectivity index is 2.22. The number of nitro benzene ring substituents is 1. The van der Waals surface area contributed by atoms with Crippen molar-refractivity contribution < 1.29 is 22.9 Å². The van der Waals surface area contributed by atoms with Crippen molar-refractivity contribution in [3.63, 3.8) is 0 Å². The highest BCUT2D eigenvalue weighted by molar-refractivity contribution is 7.89. The smallest absolute Gasteiger partial charge is 0.274 e. The largest absolute Gasteiger partial charge is 0.495 e. The Morgan fingerprint density at radius 3 is 2.61 bits per heavy atom. The number of methoxy groups -OCH3 is 1. The van der Waals surface area contributed by atoms with Gasteiger partial charge in [0.1, 0.15) is 10.6 Å². The first kappa shape index (κ1) is 21.6. The molecule has 2 rings (SSSR count). The van der Waals surface area contributed by atoms with Gasteiger partial charge in [0.25, 0.3) is 5.69 Å². The van der Waals surface area contributed by atoms with Crippen molar-refractivity contribution in [3.8, 4) is 5.75 Å². The van der Waals surface area contributed by atoms with Crippen molar-refractivity contribution in [2.24, 2.45) is 0 Å². The van der Waals surface area contributed by atoms with Crippen LogP contribution in [0.25, 0.3) is 0 Å². The highest BCUT2D eigenvalue weighted by Crippen LogP contribution is 2.29. The summed E-state index contributed by atoms with van der Waals surface area (Å²) in [6.07, 6.45) is 0. The molecule has 1 N–H and O–H groups in total. The van der Waals surface area contributed by atoms with Gasteiger partial charge < -0.3 is 10.1 Å². The molecule has 150 valence electrons. The average molecular weight is 428 g/mol. The zero-order valence-corrected chi connectivity index (χ0v) is 16.9. The summed E-state index contributed by atoms with van der Waals surface area (Å²) in [5.74, 6) is -0.568. The molecule has 0 fully saturated rings. The summed E-state index contributed by atoms with van der Waals surface area (Å²) in [6, 6.07) is 8.36. The highest BCUT2D eigenvalue weighted by Gasteiger charge is 2.27. The fourth-order valence-corrected chi connectivity index (χ4v) is 3.99. The van der Waals surface area contributed by atoms with Crippen LogP contribution in [0.5, 0.6) is 5.75 Å². The summed E-state index contributed by atoms with van der Waals surface area (Å²) in [4.78, 5) is 22.6. The molecule has 0 bridgehead atoms. The quantitative estimate of drug-likeness (QED) is 0.536. The molecule has 0 radical (unpaired) electrons. The van der Waals surface area contributed by atoms with E-state index in [2.05, 4.69) is 5.32 Å². The molecule has 9 nitrogen and oxygen atoms in total. The number of sulfonamides is 1. The molecule has 0 unspecified atom stereocenters. The molecular weight excluding hydrogens is 410 g/mol. The van der Waals surface area contributed by atoms with Gasteiger partial charge in [-0.2, -0.15) is 4.31 Å². The Hall–Kier alpha value is -2.69. The van der Waals surface area contributed by atoms with Gasteiger partial charge in [-0.05, 0) is 31.2 Å². The van der Waals surface area contributed by atoms with Crippen molar-refractivity contribution in [2.45, 2.75) is 11.8 Å². The Labute approximate surface area is 167 Å². The summed E-state index contributed by atoms with van der Waals surface area (Å²) >= 11 is 5.88. The van der Waals surface area contributed by atoms with E-state index in [-0.39, 0.29) is 32.6 Å². The van der Waals surface area contributed by atoms with Gasteiger partial charge in [-0.1, -0.05) is 17.7 Å². The van der Waals surface area contributed by atoms with Crippen molar-refractivity contribution >= 4 is 38.9 Å². The summed E-state index contributed by atoms with van der Waals surface area (Å²) in [5.41, 5.74) is 0.343. The van der Waals surface area contributed by atoms with Crippen LogP contribution in [0.15, 0.2) is 41.3 Å². The van der Waals surface area contributed by atoms with Gasteiger partial charge in [0.2, 0.25) is 15.9 Å². The molecule has 2 aromatic carbocycles. The third kappa shape index (κ3) is 4.58. The number of hydrogen-bond acceptors (Lipinski definition) is 6. The standard InChI is InChI=1S/C17H18ClN3O6S/c1-11-13(5-4-6-14(11)21(23)24)19-17(22)10-20(2)28(25,26)16-9-12(18)7-8-15(16)27-3/h4-9H,10H2,1-3H3,(H,19,22). The zero-order valence-electron chi connectivity index (χ0n) is 15.3. The average Bonchev–Trinajstić information content (AvgIpc) is 2.63. The van der Waals surface area contributed by atoms with Crippen LogP contribution in [0, 0.1) is 17.0 Å². The Bertz CT molecular complexity index is 1030. The van der Waals surface area contributed by atoms with Crippen molar-refractivity contribution in [2.75, 3.05) is 26.0 Å². The minimum atomic E-state index is -4.07. The lowest BCUT2D eigenvalue weighted by Gasteiger charge is -2.19. The number of nitro groups is 1. The van der Waals surface area contributed by atoms with Gasteiger partial charge in [-0.25, -0.2) is 8.42 Å². The Morgan fingerprint density at radius 2 is 2.00 bits per heavy atom. The van der Waals surface area contributed by atoms with E-state index >= 15 is 0 Å². The van der Waals surface area contributed by atoms with Crippen LogP contribution in [-0.2, 0) is 14.8 Å². The normalized spacial score (nSPS) is 11.3. The maximum absolute atomic E-state index is 12.8. The monoisotopic (exact) mass is 427 g/mol. The third-order valence-corrected chi connectivity index (χ3v) is 6.02. The topological polar surface area (TPSA) is 119 Å². The second-order valence-electron chi connectivity index (χ2n) is 5.81. The molecule has 0 aromatic heterocycles. The molecule has 28 heavy (non-hydrogen) atoms. The summed E-state index contributed by atoms with van der Waals surface area (Å²) < 4.78 is 31.5. The first-order chi connectivity index (χ1) is 13.1. The number of halogens is 1. The van der Waals surface area contributed by atoms with Crippen LogP contribution in [0.1, 0.15) is 5.56 Å². The van der Waals surface area contributed by atoms with Gasteiger partial charge in [-0.15, -0.1) is 0 Å². The molecule has 2 aromatic rings. The second kappa shape index (κ2) is 8.55. The van der Waals surface area contributed by atoms with Gasteiger partial charge in [0.15, 0.2) is 0 Å². The molecule has 0 heterocycles. The molecular formula is C17H18ClN3O6S. The van der Waals surface area contributed by atoms with Crippen LogP contribution in [-0.4, -0.2) is 44.3 Å². The third-order valence-electron chi connectivity index (χ3n) is 3.96. The summed E-state index contributed by atoms with van der Waals surface area (Å²) in [5, 5.41) is 13.7. The lowest BCUT2D eigenvalue weighted by atomic mass is 10.1. The molecule has 1 amide bonds. The number of anilines is 1. The van der Waals surface area contributed by atoms with Crippen molar-refractivity contribution in [1.29, 1.82) is 0 Å². The van der Waals surface area contributed by atoms with E-state index in [1.54, 1.807) is 0 Å². The number of carbonyl (C=O) groups is 1. The van der Waals surface area contributed by atoms with Crippen molar-refractivity contribution in [1.82, 2.24) is 4.31 Å². The molecule has 0 aliphatic carbocycles. The van der Waals surface area contributed by atoms with E-state index in [0.717, 1.165) is 4.31 Å². The van der Waals surface area contributed by atoms with Gasteiger partial charge in [0, 0.05) is 18.1 Å². The molecule has 0 saturated carbocycles. The van der Waals surface area contributed by atoms with E-state index in [1.165, 1.54) is 57.5 Å². The second-order valence-corrected chi connectivity index (χ2v) is 8.26. The van der Waals surface area contributed by atoms with Crippen LogP contribution in [0.2, 0.25) is 5.02 Å². The molecule has 0 saturated heterocycles. The number of amides is 1. The predicted octanol–water partition coefficient (Wildman–Crippen LogP) is 2.82. The fourth-order valence-electron chi connectivity index (χ4n) is 2.45. The molecule has 0 aliphatic heterocycles. The van der Waals surface area contributed by atoms with Gasteiger partial charge in [-0.3, -0.25) is 14.9 Å². The molecule has 0 aliphatic rings. The fraction of sp³-hybridized carbons (Fsp3) is 0.235. The zero-order chi connectivity index (χ0) is 21.1. The number of likely N-dealkylation sites (N-methyl/N-ethyl adjacent to an activating group) is 1. The first-order valence-electron chi connectivity index (χ1n) is 7.91. The number of benzene rings is 2. The maximum atomic E-state index is 12.8. The highest BCUT2D eigenvalue weighted by atomic mass is 35.5. The maximum Gasteiger partial charge on any atom is 0.274 e. The van der Waals surface area contributed by atoms with Crippen LogP contribution >= 0.6 is 11.6 Å². The van der Waals surface area contributed by atoms with E-state index in [9.17, 15) is 23.3 Å². The SMILES string of the molecule is COc1ccc(Cl)cc1S(=O)(=O)N(C)CC(=O)Nc1cccc([N+](=O)[O-])c1C. The number of nitrogens with zero attached hydrogens (tertiary/aromatic N) is 2. The lowest BCUT2D eigenvalue weighted by molar-refractivity contribution is -0.385. The number of carbonyl (C=O) groups excluding carboxylic acids is 1. The predicted molar refractivity (Wildman–Crippen MR) is 104 cm³/mol. The van der Waals surface area contributed by atoms with Crippen LogP contribution in [0.4, 0.5) is 11.4 Å². The molecule has 0 atom stereocenters. The minimum absolute atomic E-state index is 0.0891. The Morgan fingerprint density at radius 1 is 1.32 bits per heavy atom. The molecule has 0 spiro atoms. The van der Waals surface area contributed by atoms with Crippen LogP contribution < -0.4 is 10.1 Å². The van der Waals surface area contributed by atoms with Crippen molar-refractivity contribution in [3.05, 3.63) is 57.1 Å². The van der Waals surface area contributed by atoms with Gasteiger partial charge in [0.05, 0.1) is 29.8 Å². The lowest BCUT2D eigenvalue weighted by Crippen LogP contribution is -2.35. The minimum Gasteiger partial charge on any atom is -0.495 e. The summed E-state index contributed by atoms with van der Waals surface area (Å²) in [6.45, 7) is 0.977. The van der Waals surface area contributed by atoms with E-state index < -0.39 is 27.4 Å². The van der Waals surface area contributed by atoms with E-state index in [4.69, 9.17) is 16.3 Å². The number of rotatable bonds is 7. The number of ether oxygens (including phenoxy) is 1. The van der Waals surface area contributed by atoms with E-state index in [0.29, 0.717) is 0 Å². The van der Waals surface area contributed by atoms with E-state index in [1.807, 2.05) is 0 Å².